The van der Waals surface area contributed by atoms with Crippen molar-refractivity contribution in [3.05, 3.63) is 11.6 Å². The molecule has 3 atom stereocenters. The number of fused-ring (bicyclic) bond motifs is 1. The van der Waals surface area contributed by atoms with Gasteiger partial charge in [0.15, 0.2) is 5.78 Å². The molecule has 0 aromatic rings. The molecular weight excluding hydrogens is 200 g/mol. The Kier molecular flexibility index (Phi) is 2.77. The molecular formula is C14H20O2. The molecule has 88 valence electrons. The Morgan fingerprint density at radius 3 is 2.81 bits per heavy atom. The Balaban J connectivity index is 2.30. The molecule has 2 heteroatoms. The van der Waals surface area contributed by atoms with Gasteiger partial charge in [0, 0.05) is 12.3 Å². The first-order chi connectivity index (χ1) is 7.43. The number of allylic oxidation sites excluding steroid dienone is 2. The average Bonchev–Trinajstić information content (AvgIpc) is 2.19. The lowest BCUT2D eigenvalue weighted by molar-refractivity contribution is -0.123. The minimum absolute atomic E-state index is 0.0858. The molecule has 0 spiro atoms. The van der Waals surface area contributed by atoms with Crippen LogP contribution in [0.15, 0.2) is 11.6 Å². The van der Waals surface area contributed by atoms with Crippen molar-refractivity contribution < 1.29 is 9.59 Å². The third-order valence-corrected chi connectivity index (χ3v) is 4.67. The van der Waals surface area contributed by atoms with E-state index in [1.54, 1.807) is 6.92 Å². The Labute approximate surface area is 97.1 Å². The van der Waals surface area contributed by atoms with Crippen molar-refractivity contribution in [3.63, 3.8) is 0 Å². The van der Waals surface area contributed by atoms with Gasteiger partial charge in [-0.05, 0) is 43.6 Å². The molecule has 1 fully saturated rings. The molecule has 0 heterocycles. The lowest BCUT2D eigenvalue weighted by Crippen LogP contribution is -2.39. The monoisotopic (exact) mass is 220 g/mol. The predicted octanol–water partition coefficient (Wildman–Crippen LogP) is 2.92. The number of hydrogen-bond donors (Lipinski definition) is 0. The summed E-state index contributed by atoms with van der Waals surface area (Å²) in [4.78, 5) is 23.0. The van der Waals surface area contributed by atoms with E-state index in [-0.39, 0.29) is 17.1 Å². The molecule has 16 heavy (non-hydrogen) atoms. The summed E-state index contributed by atoms with van der Waals surface area (Å²) in [6.45, 7) is 6.07. The van der Waals surface area contributed by atoms with E-state index in [9.17, 15) is 9.59 Å². The summed E-state index contributed by atoms with van der Waals surface area (Å²) in [5.41, 5.74) is 1.37. The Hall–Kier alpha value is -0.920. The van der Waals surface area contributed by atoms with Crippen molar-refractivity contribution in [3.8, 4) is 0 Å². The van der Waals surface area contributed by atoms with Crippen LogP contribution in [-0.2, 0) is 9.59 Å². The van der Waals surface area contributed by atoms with Crippen molar-refractivity contribution in [2.45, 2.75) is 46.5 Å². The number of carbonyl (C=O) groups excluding carboxylic acids is 2. The molecule has 2 nitrogen and oxygen atoms in total. The highest BCUT2D eigenvalue weighted by Crippen LogP contribution is 2.51. The van der Waals surface area contributed by atoms with Gasteiger partial charge in [-0.1, -0.05) is 19.4 Å². The molecule has 0 aliphatic heterocycles. The molecule has 0 radical (unpaired) electrons. The quantitative estimate of drug-likeness (QED) is 0.681. The van der Waals surface area contributed by atoms with Crippen LogP contribution in [0, 0.1) is 17.3 Å². The lowest BCUT2D eigenvalue weighted by Gasteiger charge is -2.46. The zero-order valence-electron chi connectivity index (χ0n) is 10.4. The summed E-state index contributed by atoms with van der Waals surface area (Å²) in [5, 5.41) is 0. The van der Waals surface area contributed by atoms with Gasteiger partial charge in [-0.3, -0.25) is 9.59 Å². The van der Waals surface area contributed by atoms with Gasteiger partial charge in [-0.15, -0.1) is 0 Å². The largest absolute Gasteiger partial charge is 0.300 e. The molecule has 0 aromatic heterocycles. The van der Waals surface area contributed by atoms with Crippen molar-refractivity contribution in [1.82, 2.24) is 0 Å². The van der Waals surface area contributed by atoms with Crippen LogP contribution >= 0.6 is 0 Å². The zero-order chi connectivity index (χ0) is 11.9. The number of rotatable bonds is 1. The smallest absolute Gasteiger partial charge is 0.155 e. The van der Waals surface area contributed by atoms with E-state index in [2.05, 4.69) is 13.8 Å². The van der Waals surface area contributed by atoms with Gasteiger partial charge >= 0.3 is 0 Å². The van der Waals surface area contributed by atoms with Crippen molar-refractivity contribution >= 4 is 11.6 Å². The third kappa shape index (κ3) is 1.74. The molecule has 0 amide bonds. The van der Waals surface area contributed by atoms with Gasteiger partial charge < -0.3 is 0 Å². The maximum atomic E-state index is 11.5. The van der Waals surface area contributed by atoms with Gasteiger partial charge in [-0.2, -0.15) is 0 Å². The Morgan fingerprint density at radius 2 is 2.19 bits per heavy atom. The molecule has 0 bridgehead atoms. The molecule has 1 saturated carbocycles. The molecule has 2 aliphatic carbocycles. The maximum absolute atomic E-state index is 11.5. The molecule has 3 unspecified atom stereocenters. The second-order valence-electron chi connectivity index (χ2n) is 5.71. The first-order valence-electron chi connectivity index (χ1n) is 6.18. The van der Waals surface area contributed by atoms with Crippen molar-refractivity contribution in [2.24, 2.45) is 17.3 Å². The van der Waals surface area contributed by atoms with Gasteiger partial charge in [0.05, 0.1) is 0 Å². The molecule has 2 rings (SSSR count). The lowest BCUT2D eigenvalue weighted by atomic mass is 9.58. The number of carbonyl (C=O) groups is 2. The van der Waals surface area contributed by atoms with Crippen LogP contribution in [0.3, 0.4) is 0 Å². The van der Waals surface area contributed by atoms with E-state index < -0.39 is 0 Å². The predicted molar refractivity (Wildman–Crippen MR) is 63.0 cm³/mol. The number of Topliss-reactive ketones (excluding diaryl/α,β-unsaturated/α-hetero) is 1. The molecule has 0 saturated heterocycles. The first-order valence-corrected chi connectivity index (χ1v) is 6.18. The standard InChI is InChI=1S/C14H20O2/c1-9-6-13(16)7-12-5-4-11(10(2)15)8-14(9,12)3/h7,9,11H,4-6,8H2,1-3H3. The van der Waals surface area contributed by atoms with Crippen LogP contribution in [0.25, 0.3) is 0 Å². The Bertz CT molecular complexity index is 367. The van der Waals surface area contributed by atoms with Crippen molar-refractivity contribution in [1.29, 1.82) is 0 Å². The summed E-state index contributed by atoms with van der Waals surface area (Å²) in [7, 11) is 0. The van der Waals surface area contributed by atoms with E-state index in [0.29, 0.717) is 18.1 Å². The van der Waals surface area contributed by atoms with Crippen LogP contribution in [-0.4, -0.2) is 11.6 Å². The summed E-state index contributed by atoms with van der Waals surface area (Å²) in [6, 6.07) is 0. The van der Waals surface area contributed by atoms with Crippen LogP contribution in [0.5, 0.6) is 0 Å². The summed E-state index contributed by atoms with van der Waals surface area (Å²) in [5.74, 6) is 1.16. The van der Waals surface area contributed by atoms with Crippen molar-refractivity contribution in [2.75, 3.05) is 0 Å². The minimum Gasteiger partial charge on any atom is -0.300 e. The highest BCUT2D eigenvalue weighted by molar-refractivity contribution is 5.92. The normalized spacial score (nSPS) is 38.9. The topological polar surface area (TPSA) is 34.1 Å². The summed E-state index contributed by atoms with van der Waals surface area (Å²) >= 11 is 0. The van der Waals surface area contributed by atoms with Crippen LogP contribution in [0.2, 0.25) is 0 Å². The summed E-state index contributed by atoms with van der Waals surface area (Å²) in [6.07, 6.45) is 5.27. The van der Waals surface area contributed by atoms with Crippen LogP contribution < -0.4 is 0 Å². The minimum atomic E-state index is 0.0858. The third-order valence-electron chi connectivity index (χ3n) is 4.67. The second kappa shape index (κ2) is 3.83. The van der Waals surface area contributed by atoms with E-state index in [1.807, 2.05) is 6.08 Å². The van der Waals surface area contributed by atoms with Gasteiger partial charge in [0.1, 0.15) is 5.78 Å². The zero-order valence-corrected chi connectivity index (χ0v) is 10.4. The first kappa shape index (κ1) is 11.6. The van der Waals surface area contributed by atoms with E-state index >= 15 is 0 Å². The van der Waals surface area contributed by atoms with Gasteiger partial charge in [-0.25, -0.2) is 0 Å². The maximum Gasteiger partial charge on any atom is 0.155 e. The highest BCUT2D eigenvalue weighted by atomic mass is 16.1. The van der Waals surface area contributed by atoms with E-state index in [4.69, 9.17) is 0 Å². The van der Waals surface area contributed by atoms with Gasteiger partial charge in [0.25, 0.3) is 0 Å². The summed E-state index contributed by atoms with van der Waals surface area (Å²) < 4.78 is 0. The molecule has 0 N–H and O–H groups in total. The van der Waals surface area contributed by atoms with Crippen LogP contribution in [0.1, 0.15) is 46.5 Å². The fourth-order valence-electron chi connectivity index (χ4n) is 3.24. The number of hydrogen-bond acceptors (Lipinski definition) is 2. The highest BCUT2D eigenvalue weighted by Gasteiger charge is 2.44. The van der Waals surface area contributed by atoms with Crippen LogP contribution in [0.4, 0.5) is 0 Å². The van der Waals surface area contributed by atoms with E-state index in [1.165, 1.54) is 5.57 Å². The van der Waals surface area contributed by atoms with Gasteiger partial charge in [0.2, 0.25) is 0 Å². The average molecular weight is 220 g/mol. The number of ketones is 2. The SMILES string of the molecule is CC(=O)C1CCC2=CC(=O)CC(C)C2(C)C1. The molecule has 2 aliphatic rings. The van der Waals surface area contributed by atoms with E-state index in [0.717, 1.165) is 19.3 Å². The fraction of sp³-hybridized carbons (Fsp3) is 0.714. The Morgan fingerprint density at radius 1 is 1.50 bits per heavy atom. The second-order valence-corrected chi connectivity index (χ2v) is 5.71. The molecule has 0 aromatic carbocycles. The fourth-order valence-corrected chi connectivity index (χ4v) is 3.24.